The van der Waals surface area contributed by atoms with E-state index in [-0.39, 0.29) is 6.04 Å². The summed E-state index contributed by atoms with van der Waals surface area (Å²) in [7, 11) is 0. The molecule has 1 aromatic heterocycles. The third-order valence-electron chi connectivity index (χ3n) is 2.13. The van der Waals surface area contributed by atoms with Crippen LogP contribution in [0.2, 0.25) is 0 Å². The van der Waals surface area contributed by atoms with Crippen molar-refractivity contribution in [1.82, 2.24) is 20.2 Å². The Morgan fingerprint density at radius 3 is 2.80 bits per heavy atom. The van der Waals surface area contributed by atoms with Gasteiger partial charge in [-0.15, -0.1) is 5.10 Å². The van der Waals surface area contributed by atoms with Crippen molar-refractivity contribution in [1.29, 1.82) is 0 Å². The molecular weight excluding hydrogens is 190 g/mol. The number of rotatable bonds is 2. The van der Waals surface area contributed by atoms with Crippen molar-refractivity contribution in [2.24, 2.45) is 0 Å². The zero-order valence-corrected chi connectivity index (χ0v) is 8.75. The molecule has 0 aliphatic carbocycles. The fourth-order valence-electron chi connectivity index (χ4n) is 1.41. The number of benzene rings is 1. The van der Waals surface area contributed by atoms with Crippen molar-refractivity contribution in [2.75, 3.05) is 5.73 Å². The summed E-state index contributed by atoms with van der Waals surface area (Å²) in [5, 5.41) is 11.6. The summed E-state index contributed by atoms with van der Waals surface area (Å²) in [4.78, 5) is 0. The molecule has 0 fully saturated rings. The Kier molecular flexibility index (Phi) is 2.37. The molecule has 0 saturated heterocycles. The molecule has 15 heavy (non-hydrogen) atoms. The number of nitrogens with two attached hydrogens (primary N) is 1. The number of nitrogens with zero attached hydrogens (tertiary/aromatic N) is 4. The predicted octanol–water partition coefficient (Wildman–Crippen LogP) is 1.50. The maximum absolute atomic E-state index is 5.71. The number of anilines is 1. The lowest BCUT2D eigenvalue weighted by Crippen LogP contribution is -2.05. The SMILES string of the molecule is CC(C)n1nnnc1-c1cccc(N)c1. The summed E-state index contributed by atoms with van der Waals surface area (Å²) < 4.78 is 1.77. The third kappa shape index (κ3) is 1.81. The minimum absolute atomic E-state index is 0.233. The van der Waals surface area contributed by atoms with Crippen molar-refractivity contribution < 1.29 is 0 Å². The van der Waals surface area contributed by atoms with Crippen LogP contribution in [0, 0.1) is 0 Å². The number of hydrogen-bond donors (Lipinski definition) is 1. The lowest BCUT2D eigenvalue weighted by molar-refractivity contribution is 0.519. The summed E-state index contributed by atoms with van der Waals surface area (Å²) >= 11 is 0. The first-order chi connectivity index (χ1) is 7.18. The molecule has 0 aliphatic rings. The van der Waals surface area contributed by atoms with Crippen LogP contribution in [0.25, 0.3) is 11.4 Å². The van der Waals surface area contributed by atoms with E-state index in [0.717, 1.165) is 11.4 Å². The van der Waals surface area contributed by atoms with Crippen molar-refractivity contribution in [3.05, 3.63) is 24.3 Å². The van der Waals surface area contributed by atoms with Gasteiger partial charge in [-0.05, 0) is 36.4 Å². The van der Waals surface area contributed by atoms with E-state index in [0.29, 0.717) is 5.69 Å². The second kappa shape index (κ2) is 3.68. The summed E-state index contributed by atoms with van der Waals surface area (Å²) in [6.45, 7) is 4.07. The lowest BCUT2D eigenvalue weighted by Gasteiger charge is -2.07. The summed E-state index contributed by atoms with van der Waals surface area (Å²) in [5.41, 5.74) is 7.37. The van der Waals surface area contributed by atoms with Gasteiger partial charge in [-0.25, -0.2) is 4.68 Å². The molecule has 0 atom stereocenters. The highest BCUT2D eigenvalue weighted by molar-refractivity contribution is 5.60. The van der Waals surface area contributed by atoms with Gasteiger partial charge in [-0.3, -0.25) is 0 Å². The van der Waals surface area contributed by atoms with Gasteiger partial charge in [0.25, 0.3) is 0 Å². The van der Waals surface area contributed by atoms with Gasteiger partial charge in [0.15, 0.2) is 5.82 Å². The molecule has 0 unspecified atom stereocenters. The Labute approximate surface area is 87.9 Å². The van der Waals surface area contributed by atoms with Crippen LogP contribution in [-0.4, -0.2) is 20.2 Å². The molecule has 5 heteroatoms. The van der Waals surface area contributed by atoms with Crippen LogP contribution < -0.4 is 5.73 Å². The highest BCUT2D eigenvalue weighted by atomic mass is 15.5. The number of tetrazole rings is 1. The second-order valence-corrected chi connectivity index (χ2v) is 3.67. The lowest BCUT2D eigenvalue weighted by atomic mass is 10.2. The largest absolute Gasteiger partial charge is 0.399 e. The zero-order valence-electron chi connectivity index (χ0n) is 8.75. The average molecular weight is 203 g/mol. The molecule has 2 rings (SSSR count). The molecule has 0 amide bonds. The van der Waals surface area contributed by atoms with E-state index in [1.807, 2.05) is 38.1 Å². The zero-order chi connectivity index (χ0) is 10.8. The van der Waals surface area contributed by atoms with Gasteiger partial charge >= 0.3 is 0 Å². The van der Waals surface area contributed by atoms with E-state index < -0.39 is 0 Å². The highest BCUT2D eigenvalue weighted by Gasteiger charge is 2.10. The van der Waals surface area contributed by atoms with E-state index in [1.54, 1.807) is 4.68 Å². The Balaban J connectivity index is 2.49. The van der Waals surface area contributed by atoms with Crippen molar-refractivity contribution in [2.45, 2.75) is 19.9 Å². The van der Waals surface area contributed by atoms with Gasteiger partial charge in [-0.2, -0.15) is 0 Å². The molecular formula is C10H13N5. The molecule has 78 valence electrons. The Morgan fingerprint density at radius 2 is 2.13 bits per heavy atom. The molecule has 0 aliphatic heterocycles. The smallest absolute Gasteiger partial charge is 0.182 e. The fourth-order valence-corrected chi connectivity index (χ4v) is 1.41. The molecule has 5 nitrogen and oxygen atoms in total. The van der Waals surface area contributed by atoms with Gasteiger partial charge in [0.05, 0.1) is 6.04 Å². The maximum atomic E-state index is 5.71. The van der Waals surface area contributed by atoms with Crippen LogP contribution in [0.5, 0.6) is 0 Å². The number of hydrogen-bond acceptors (Lipinski definition) is 4. The van der Waals surface area contributed by atoms with E-state index in [2.05, 4.69) is 15.5 Å². The molecule has 0 saturated carbocycles. The standard InChI is InChI=1S/C10H13N5/c1-7(2)15-10(12-13-14-15)8-4-3-5-9(11)6-8/h3-7H,11H2,1-2H3. The van der Waals surface area contributed by atoms with E-state index in [4.69, 9.17) is 5.73 Å². The molecule has 0 bridgehead atoms. The predicted molar refractivity (Wildman–Crippen MR) is 58.1 cm³/mol. The molecule has 0 spiro atoms. The molecule has 2 N–H and O–H groups in total. The third-order valence-corrected chi connectivity index (χ3v) is 2.13. The van der Waals surface area contributed by atoms with Crippen LogP contribution in [0.1, 0.15) is 19.9 Å². The second-order valence-electron chi connectivity index (χ2n) is 3.67. The van der Waals surface area contributed by atoms with E-state index in [9.17, 15) is 0 Å². The van der Waals surface area contributed by atoms with Gasteiger partial charge in [0.2, 0.25) is 0 Å². The Morgan fingerprint density at radius 1 is 1.33 bits per heavy atom. The van der Waals surface area contributed by atoms with E-state index in [1.165, 1.54) is 0 Å². The summed E-state index contributed by atoms with van der Waals surface area (Å²) in [6.07, 6.45) is 0. The summed E-state index contributed by atoms with van der Waals surface area (Å²) in [5.74, 6) is 0.748. The van der Waals surface area contributed by atoms with E-state index >= 15 is 0 Å². The van der Waals surface area contributed by atoms with Gasteiger partial charge in [0.1, 0.15) is 0 Å². The maximum Gasteiger partial charge on any atom is 0.182 e. The van der Waals surface area contributed by atoms with Crippen LogP contribution in [0.4, 0.5) is 5.69 Å². The van der Waals surface area contributed by atoms with Gasteiger partial charge < -0.3 is 5.73 Å². The monoisotopic (exact) mass is 203 g/mol. The van der Waals surface area contributed by atoms with Gasteiger partial charge in [0, 0.05) is 11.3 Å². The first-order valence-corrected chi connectivity index (χ1v) is 4.82. The van der Waals surface area contributed by atoms with Crippen LogP contribution in [0.15, 0.2) is 24.3 Å². The number of aromatic nitrogens is 4. The Bertz CT molecular complexity index is 460. The number of nitrogen functional groups attached to an aromatic ring is 1. The minimum atomic E-state index is 0.233. The topological polar surface area (TPSA) is 69.6 Å². The minimum Gasteiger partial charge on any atom is -0.399 e. The summed E-state index contributed by atoms with van der Waals surface area (Å²) in [6, 6.07) is 7.78. The average Bonchev–Trinajstić information content (AvgIpc) is 2.65. The molecule has 2 aromatic rings. The first kappa shape index (κ1) is 9.64. The quantitative estimate of drug-likeness (QED) is 0.751. The molecule has 1 heterocycles. The van der Waals surface area contributed by atoms with Gasteiger partial charge in [-0.1, -0.05) is 12.1 Å². The Hall–Kier alpha value is -1.91. The highest BCUT2D eigenvalue weighted by Crippen LogP contribution is 2.20. The first-order valence-electron chi connectivity index (χ1n) is 4.82. The molecule has 1 aromatic carbocycles. The van der Waals surface area contributed by atoms with Crippen LogP contribution in [0.3, 0.4) is 0 Å². The fraction of sp³-hybridized carbons (Fsp3) is 0.300. The van der Waals surface area contributed by atoms with Crippen molar-refractivity contribution in [3.8, 4) is 11.4 Å². The molecule has 0 radical (unpaired) electrons. The normalized spacial score (nSPS) is 10.9. The van der Waals surface area contributed by atoms with Crippen molar-refractivity contribution in [3.63, 3.8) is 0 Å². The van der Waals surface area contributed by atoms with Crippen LogP contribution in [-0.2, 0) is 0 Å². The van der Waals surface area contributed by atoms with Crippen LogP contribution >= 0.6 is 0 Å². The van der Waals surface area contributed by atoms with Crippen molar-refractivity contribution >= 4 is 5.69 Å².